The predicted octanol–water partition coefficient (Wildman–Crippen LogP) is 1.78. The minimum atomic E-state index is 0.858. The van der Waals surface area contributed by atoms with Gasteiger partial charge in [0.2, 0.25) is 0 Å². The molecule has 0 saturated carbocycles. The van der Waals surface area contributed by atoms with Crippen LogP contribution >= 0.6 is 0 Å². The summed E-state index contributed by atoms with van der Waals surface area (Å²) in [5, 5.41) is 0. The zero-order valence-electron chi connectivity index (χ0n) is 4.36. The van der Waals surface area contributed by atoms with E-state index in [4.69, 9.17) is 0 Å². The van der Waals surface area contributed by atoms with Gasteiger partial charge in [-0.2, -0.15) is 0 Å². The van der Waals surface area contributed by atoms with Gasteiger partial charge in [-0.05, 0) is 19.4 Å². The average molecular weight is 91.1 g/mol. The highest BCUT2D eigenvalue weighted by Crippen LogP contribution is 2.05. The molecular formula is C7H7. The van der Waals surface area contributed by atoms with Crippen LogP contribution in [0.4, 0.5) is 0 Å². The highest BCUT2D eigenvalue weighted by molar-refractivity contribution is 5.22. The van der Waals surface area contributed by atoms with Crippen molar-refractivity contribution in [3.05, 3.63) is 30.2 Å². The second-order valence-electron chi connectivity index (χ2n) is 1.62. The summed E-state index contributed by atoms with van der Waals surface area (Å²) in [5.41, 5.74) is 1.24. The summed E-state index contributed by atoms with van der Waals surface area (Å²) >= 11 is 0. The molecule has 0 fully saturated rings. The van der Waals surface area contributed by atoms with Crippen molar-refractivity contribution in [3.63, 3.8) is 0 Å². The van der Waals surface area contributed by atoms with Gasteiger partial charge in [0.05, 0.1) is 0 Å². The topological polar surface area (TPSA) is 0 Å². The number of rotatable bonds is 0. The van der Waals surface area contributed by atoms with E-state index in [1.807, 2.05) is 19.1 Å². The van der Waals surface area contributed by atoms with Crippen LogP contribution in [0.5, 0.6) is 0 Å². The molecule has 0 aromatic rings. The lowest BCUT2D eigenvalue weighted by Crippen LogP contribution is -1.78. The fourth-order valence-corrected chi connectivity index (χ4v) is 0.525. The van der Waals surface area contributed by atoms with Crippen LogP contribution < -0.4 is 0 Å². The molecule has 0 bridgehead atoms. The molecule has 0 atom stereocenters. The Morgan fingerprint density at radius 3 is 2.86 bits per heavy atom. The van der Waals surface area contributed by atoms with Crippen molar-refractivity contribution in [1.29, 1.82) is 0 Å². The molecule has 0 heterocycles. The monoisotopic (exact) mass is 91.1 g/mol. The van der Waals surface area contributed by atoms with Gasteiger partial charge in [0.25, 0.3) is 0 Å². The lowest BCUT2D eigenvalue weighted by atomic mass is 10.1. The van der Waals surface area contributed by atoms with Gasteiger partial charge >= 0.3 is 0 Å². The van der Waals surface area contributed by atoms with Gasteiger partial charge < -0.3 is 0 Å². The third kappa shape index (κ3) is 1.19. The molecule has 0 nitrogen and oxygen atoms in total. The molecule has 0 aromatic heterocycles. The molecule has 1 aliphatic carbocycles. The van der Waals surface area contributed by atoms with E-state index >= 15 is 0 Å². The maximum absolute atomic E-state index is 3.03. The van der Waals surface area contributed by atoms with Crippen LogP contribution in [0.25, 0.3) is 0 Å². The van der Waals surface area contributed by atoms with Gasteiger partial charge in [0, 0.05) is 6.42 Å². The van der Waals surface area contributed by atoms with E-state index in [-0.39, 0.29) is 0 Å². The first kappa shape index (κ1) is 4.63. The normalized spacial score (nSPS) is 19.3. The van der Waals surface area contributed by atoms with E-state index in [1.54, 1.807) is 0 Å². The molecule has 0 unspecified atom stereocenters. The first-order valence-corrected chi connectivity index (χ1v) is 2.36. The third-order valence-corrected chi connectivity index (χ3v) is 0.864. The van der Waals surface area contributed by atoms with Crippen LogP contribution in [0.15, 0.2) is 17.7 Å². The lowest BCUT2D eigenvalue weighted by Gasteiger charge is -1.95. The lowest BCUT2D eigenvalue weighted by molar-refractivity contribution is 1.19. The number of hydrogen-bond acceptors (Lipinski definition) is 0. The minimum absolute atomic E-state index is 0.858. The summed E-state index contributed by atoms with van der Waals surface area (Å²) in [5.74, 6) is 0. The molecule has 0 saturated heterocycles. The Balaban J connectivity index is 2.58. The summed E-state index contributed by atoms with van der Waals surface area (Å²) in [4.78, 5) is 0. The second-order valence-corrected chi connectivity index (χ2v) is 1.62. The second kappa shape index (κ2) is 1.97. The quantitative estimate of drug-likeness (QED) is 0.426. The van der Waals surface area contributed by atoms with Crippen LogP contribution in [0.2, 0.25) is 0 Å². The molecule has 35 valence electrons. The Morgan fingerprint density at radius 1 is 1.71 bits per heavy atom. The van der Waals surface area contributed by atoms with Gasteiger partial charge in [-0.15, -0.1) is 0 Å². The van der Waals surface area contributed by atoms with Crippen molar-refractivity contribution >= 4 is 0 Å². The van der Waals surface area contributed by atoms with Crippen molar-refractivity contribution in [1.82, 2.24) is 0 Å². The highest BCUT2D eigenvalue weighted by atomic mass is 13.9. The molecule has 0 spiro atoms. The Kier molecular flexibility index (Phi) is 1.30. The van der Waals surface area contributed by atoms with E-state index in [9.17, 15) is 0 Å². The number of hydrogen-bond donors (Lipinski definition) is 0. The Labute approximate surface area is 44.5 Å². The molecule has 0 aromatic carbocycles. The van der Waals surface area contributed by atoms with Crippen molar-refractivity contribution < 1.29 is 0 Å². The molecule has 1 aliphatic rings. The molecule has 0 aliphatic heterocycles. The van der Waals surface area contributed by atoms with E-state index in [0.29, 0.717) is 0 Å². The average Bonchev–Trinajstić information content (AvgIpc) is 1.69. The van der Waals surface area contributed by atoms with E-state index in [0.717, 1.165) is 6.42 Å². The maximum Gasteiger partial charge on any atom is 0.0134 e. The largest absolute Gasteiger partial charge is 0.0732 e. The maximum atomic E-state index is 3.03. The van der Waals surface area contributed by atoms with E-state index < -0.39 is 0 Å². The van der Waals surface area contributed by atoms with Gasteiger partial charge in [-0.1, -0.05) is 17.7 Å². The van der Waals surface area contributed by atoms with Gasteiger partial charge in [-0.3, -0.25) is 0 Å². The summed E-state index contributed by atoms with van der Waals surface area (Å²) in [6.07, 6.45) is 10.9. The Hall–Kier alpha value is -0.520. The number of allylic oxidation sites excluding steroid dienone is 4. The Bertz CT molecular complexity index is 107. The molecule has 7 heavy (non-hydrogen) atoms. The van der Waals surface area contributed by atoms with Crippen molar-refractivity contribution in [2.75, 3.05) is 0 Å². The minimum Gasteiger partial charge on any atom is -0.0732 e. The third-order valence-electron chi connectivity index (χ3n) is 0.864. The zero-order chi connectivity index (χ0) is 5.11. The molecular weight excluding hydrogens is 84.1 g/mol. The molecule has 0 heteroatoms. The van der Waals surface area contributed by atoms with Gasteiger partial charge in [0.1, 0.15) is 0 Å². The zero-order valence-corrected chi connectivity index (χ0v) is 4.36. The fraction of sp³-hybridized carbons (Fsp3) is 0.286. The molecule has 0 N–H and O–H groups in total. The predicted molar refractivity (Wildman–Crippen MR) is 29.4 cm³/mol. The highest BCUT2D eigenvalue weighted by Gasteiger charge is 1.88. The van der Waals surface area contributed by atoms with Crippen LogP contribution in [0.1, 0.15) is 13.3 Å². The van der Waals surface area contributed by atoms with E-state index in [1.165, 1.54) is 5.57 Å². The van der Waals surface area contributed by atoms with Crippen LogP contribution in [-0.2, 0) is 0 Å². The molecule has 1 rings (SSSR count). The first-order chi connectivity index (χ1) is 3.39. The van der Waals surface area contributed by atoms with Crippen LogP contribution in [0.3, 0.4) is 0 Å². The van der Waals surface area contributed by atoms with Crippen molar-refractivity contribution in [3.8, 4) is 0 Å². The molecule has 0 amide bonds. The van der Waals surface area contributed by atoms with Crippen LogP contribution in [0, 0.1) is 12.5 Å². The smallest absolute Gasteiger partial charge is 0.0134 e. The summed E-state index contributed by atoms with van der Waals surface area (Å²) in [6, 6.07) is 0. The Morgan fingerprint density at radius 2 is 2.57 bits per heavy atom. The van der Waals surface area contributed by atoms with E-state index in [2.05, 4.69) is 12.5 Å². The standard InChI is InChI=1S/C7H7/c1-7-5-3-2-4-6-7/h5-6H,2H2,1H3. The first-order valence-electron chi connectivity index (χ1n) is 2.36. The summed E-state index contributed by atoms with van der Waals surface area (Å²) in [7, 11) is 0. The van der Waals surface area contributed by atoms with Crippen LogP contribution in [-0.4, -0.2) is 0 Å². The van der Waals surface area contributed by atoms with Crippen molar-refractivity contribution in [2.45, 2.75) is 13.3 Å². The van der Waals surface area contributed by atoms with Crippen molar-refractivity contribution in [2.24, 2.45) is 0 Å². The summed E-state index contributed by atoms with van der Waals surface area (Å²) in [6.45, 7) is 2.04. The SMILES string of the molecule is CC1=C[C]C[C]=C1. The van der Waals surface area contributed by atoms with Gasteiger partial charge in [-0.25, -0.2) is 0 Å². The summed E-state index contributed by atoms with van der Waals surface area (Å²) < 4.78 is 0. The molecule has 3 radical (unpaired) electrons. The van der Waals surface area contributed by atoms with Gasteiger partial charge in [0.15, 0.2) is 0 Å². The fourth-order valence-electron chi connectivity index (χ4n) is 0.525.